The summed E-state index contributed by atoms with van der Waals surface area (Å²) in [5.41, 5.74) is 0.794. The van der Waals surface area contributed by atoms with Crippen molar-refractivity contribution in [1.29, 1.82) is 0 Å². The number of methoxy groups -OCH3 is 1. The molecule has 1 aliphatic rings. The van der Waals surface area contributed by atoms with Gasteiger partial charge in [0.1, 0.15) is 12.4 Å². The van der Waals surface area contributed by atoms with Crippen molar-refractivity contribution in [3.63, 3.8) is 0 Å². The molecule has 0 aliphatic carbocycles. The summed E-state index contributed by atoms with van der Waals surface area (Å²) in [4.78, 5) is 11.7. The molecule has 5 heteroatoms. The first-order valence-corrected chi connectivity index (χ1v) is 7.02. The highest BCUT2D eigenvalue weighted by Gasteiger charge is 2.40. The molecule has 118 valence electrons. The Morgan fingerprint density at radius 3 is 2.68 bits per heavy atom. The highest BCUT2D eigenvalue weighted by molar-refractivity contribution is 5.89. The van der Waals surface area contributed by atoms with E-state index in [4.69, 9.17) is 9.47 Å². The first kappa shape index (κ1) is 16.4. The Labute approximate surface area is 136 Å². The lowest BCUT2D eigenvalue weighted by molar-refractivity contribution is 0.0385. The highest BCUT2D eigenvalue weighted by atomic mass is 35.5. The van der Waals surface area contributed by atoms with Gasteiger partial charge in [-0.25, -0.2) is 4.79 Å². The molecular formula is C17H20ClNO3. The summed E-state index contributed by atoms with van der Waals surface area (Å²) < 4.78 is 10.7. The van der Waals surface area contributed by atoms with E-state index in [2.05, 4.69) is 31.3 Å². The predicted octanol–water partition coefficient (Wildman–Crippen LogP) is 4.08. The molecule has 0 radical (unpaired) electrons. The topological polar surface area (TPSA) is 47.6 Å². The third-order valence-electron chi connectivity index (χ3n) is 4.06. The standard InChI is InChI=1S/C17H19NO3.ClH/c1-17(2)10-21-16(19)18-15(17)14-12-7-5-4-6-11(12)8-9-13(14)20-3;/h4-9,15H,10H2,1-3H3,(H,18,19);1H/t15-;/m0./s1. The molecule has 1 heterocycles. The number of ether oxygens (including phenoxy) is 2. The molecule has 2 aromatic rings. The van der Waals surface area contributed by atoms with Crippen molar-refractivity contribution >= 4 is 29.3 Å². The Morgan fingerprint density at radius 1 is 1.23 bits per heavy atom. The number of cyclic esters (lactones) is 1. The average molecular weight is 322 g/mol. The number of rotatable bonds is 2. The smallest absolute Gasteiger partial charge is 0.407 e. The van der Waals surface area contributed by atoms with Crippen LogP contribution in [0.1, 0.15) is 25.5 Å². The third-order valence-corrected chi connectivity index (χ3v) is 4.06. The molecule has 22 heavy (non-hydrogen) atoms. The summed E-state index contributed by atoms with van der Waals surface area (Å²) in [6.07, 6.45) is -0.380. The Morgan fingerprint density at radius 2 is 1.95 bits per heavy atom. The van der Waals surface area contributed by atoms with Crippen molar-refractivity contribution in [3.05, 3.63) is 42.0 Å². The van der Waals surface area contributed by atoms with E-state index in [1.807, 2.05) is 24.3 Å². The Kier molecular flexibility index (Phi) is 4.52. The molecule has 0 bridgehead atoms. The van der Waals surface area contributed by atoms with Gasteiger partial charge in [0.15, 0.2) is 0 Å². The molecule has 3 rings (SSSR count). The van der Waals surface area contributed by atoms with Gasteiger partial charge in [0, 0.05) is 11.0 Å². The van der Waals surface area contributed by atoms with E-state index in [1.54, 1.807) is 7.11 Å². The zero-order valence-electron chi connectivity index (χ0n) is 12.9. The van der Waals surface area contributed by atoms with Crippen molar-refractivity contribution < 1.29 is 14.3 Å². The molecule has 1 fully saturated rings. The van der Waals surface area contributed by atoms with Crippen molar-refractivity contribution in [2.24, 2.45) is 5.41 Å². The van der Waals surface area contributed by atoms with Gasteiger partial charge >= 0.3 is 6.09 Å². The van der Waals surface area contributed by atoms with Crippen molar-refractivity contribution in [2.75, 3.05) is 13.7 Å². The minimum atomic E-state index is -0.380. The van der Waals surface area contributed by atoms with Gasteiger partial charge in [-0.2, -0.15) is 0 Å². The largest absolute Gasteiger partial charge is 0.496 e. The van der Waals surface area contributed by atoms with Gasteiger partial charge in [0.05, 0.1) is 13.2 Å². The van der Waals surface area contributed by atoms with Gasteiger partial charge < -0.3 is 14.8 Å². The van der Waals surface area contributed by atoms with E-state index in [-0.39, 0.29) is 30.0 Å². The summed E-state index contributed by atoms with van der Waals surface area (Å²) in [5.74, 6) is 0.786. The molecule has 0 unspecified atom stereocenters. The summed E-state index contributed by atoms with van der Waals surface area (Å²) in [5, 5.41) is 5.17. The van der Waals surface area contributed by atoms with E-state index < -0.39 is 0 Å². The predicted molar refractivity (Wildman–Crippen MR) is 88.8 cm³/mol. The van der Waals surface area contributed by atoms with Gasteiger partial charge in [-0.1, -0.05) is 44.2 Å². The van der Waals surface area contributed by atoms with Gasteiger partial charge in [-0.15, -0.1) is 12.4 Å². The summed E-state index contributed by atoms with van der Waals surface area (Å²) in [6.45, 7) is 4.55. The molecular weight excluding hydrogens is 302 g/mol. The highest BCUT2D eigenvalue weighted by Crippen LogP contribution is 2.43. The number of alkyl carbamates (subject to hydrolysis) is 1. The molecule has 0 spiro atoms. The van der Waals surface area contributed by atoms with Crippen LogP contribution in [0.25, 0.3) is 10.8 Å². The number of nitrogens with one attached hydrogen (secondary N) is 1. The lowest BCUT2D eigenvalue weighted by atomic mass is 9.78. The second-order valence-corrected chi connectivity index (χ2v) is 6.04. The number of hydrogen-bond donors (Lipinski definition) is 1. The second-order valence-electron chi connectivity index (χ2n) is 6.04. The van der Waals surface area contributed by atoms with E-state index in [0.717, 1.165) is 22.1 Å². The van der Waals surface area contributed by atoms with Crippen LogP contribution in [-0.2, 0) is 4.74 Å². The number of amides is 1. The maximum atomic E-state index is 11.7. The molecule has 0 saturated carbocycles. The van der Waals surface area contributed by atoms with Crippen LogP contribution in [-0.4, -0.2) is 19.8 Å². The van der Waals surface area contributed by atoms with Crippen LogP contribution in [0.5, 0.6) is 5.75 Å². The molecule has 1 amide bonds. The van der Waals surface area contributed by atoms with Crippen LogP contribution < -0.4 is 10.1 Å². The summed E-state index contributed by atoms with van der Waals surface area (Å²) >= 11 is 0. The normalized spacial score (nSPS) is 19.8. The van der Waals surface area contributed by atoms with Crippen LogP contribution in [0, 0.1) is 5.41 Å². The first-order valence-electron chi connectivity index (χ1n) is 7.02. The fraction of sp³-hybridized carbons (Fsp3) is 0.353. The molecule has 1 atom stereocenters. The third kappa shape index (κ3) is 2.71. The monoisotopic (exact) mass is 321 g/mol. The first-order chi connectivity index (χ1) is 10.0. The SMILES string of the molecule is COc1ccc2ccccc2c1[C@@H]1NC(=O)OCC1(C)C.Cl. The Bertz CT molecular complexity index is 699. The van der Waals surface area contributed by atoms with E-state index in [9.17, 15) is 4.79 Å². The zero-order chi connectivity index (χ0) is 15.0. The van der Waals surface area contributed by atoms with Gasteiger partial charge in [-0.3, -0.25) is 0 Å². The number of hydrogen-bond acceptors (Lipinski definition) is 3. The summed E-state index contributed by atoms with van der Waals surface area (Å²) in [6, 6.07) is 12.0. The summed E-state index contributed by atoms with van der Waals surface area (Å²) in [7, 11) is 1.65. The van der Waals surface area contributed by atoms with Crippen LogP contribution in [0.2, 0.25) is 0 Å². The fourth-order valence-electron chi connectivity index (χ4n) is 2.90. The molecule has 4 nitrogen and oxygen atoms in total. The zero-order valence-corrected chi connectivity index (χ0v) is 13.7. The molecule has 1 saturated heterocycles. The van der Waals surface area contributed by atoms with Crippen LogP contribution in [0.3, 0.4) is 0 Å². The lowest BCUT2D eigenvalue weighted by Crippen LogP contribution is -2.47. The Hall–Kier alpha value is -1.94. The van der Waals surface area contributed by atoms with Gasteiger partial charge in [0.2, 0.25) is 0 Å². The van der Waals surface area contributed by atoms with Crippen molar-refractivity contribution in [2.45, 2.75) is 19.9 Å². The number of benzene rings is 2. The van der Waals surface area contributed by atoms with Crippen LogP contribution in [0.15, 0.2) is 36.4 Å². The maximum absolute atomic E-state index is 11.7. The number of halogens is 1. The minimum absolute atomic E-state index is 0. The van der Waals surface area contributed by atoms with E-state index in [0.29, 0.717) is 6.61 Å². The van der Waals surface area contributed by atoms with Crippen LogP contribution >= 0.6 is 12.4 Å². The maximum Gasteiger partial charge on any atom is 0.407 e. The minimum Gasteiger partial charge on any atom is -0.496 e. The average Bonchev–Trinajstić information content (AvgIpc) is 2.49. The number of carbonyl (C=O) groups excluding carboxylic acids is 1. The van der Waals surface area contributed by atoms with Gasteiger partial charge in [-0.05, 0) is 16.8 Å². The molecule has 1 aliphatic heterocycles. The Balaban J connectivity index is 0.00000176. The van der Waals surface area contributed by atoms with Gasteiger partial charge in [0.25, 0.3) is 0 Å². The molecule has 0 aromatic heterocycles. The van der Waals surface area contributed by atoms with E-state index >= 15 is 0 Å². The van der Waals surface area contributed by atoms with Crippen molar-refractivity contribution in [1.82, 2.24) is 5.32 Å². The fourth-order valence-corrected chi connectivity index (χ4v) is 2.90. The van der Waals surface area contributed by atoms with Crippen molar-refractivity contribution in [3.8, 4) is 5.75 Å². The molecule has 1 N–H and O–H groups in total. The lowest BCUT2D eigenvalue weighted by Gasteiger charge is -2.39. The molecule has 2 aromatic carbocycles. The van der Waals surface area contributed by atoms with E-state index in [1.165, 1.54) is 0 Å². The quantitative estimate of drug-likeness (QED) is 0.906. The van der Waals surface area contributed by atoms with Crippen LogP contribution in [0.4, 0.5) is 4.79 Å². The number of fused-ring (bicyclic) bond motifs is 1. The number of carbonyl (C=O) groups is 1. The second kappa shape index (κ2) is 6.05.